The first kappa shape index (κ1) is 16.7. The summed E-state index contributed by atoms with van der Waals surface area (Å²) in [6.45, 7) is 1.98. The predicted octanol–water partition coefficient (Wildman–Crippen LogP) is 1.37. The smallest absolute Gasteiger partial charge is 0.360 e. The van der Waals surface area contributed by atoms with Crippen LogP contribution in [0.15, 0.2) is 18.5 Å². The number of carbonyl (C=O) groups is 1. The third-order valence-corrected chi connectivity index (χ3v) is 2.76. The van der Waals surface area contributed by atoms with Crippen LogP contribution >= 0.6 is 0 Å². The van der Waals surface area contributed by atoms with Crippen molar-refractivity contribution in [1.29, 1.82) is 0 Å². The van der Waals surface area contributed by atoms with E-state index in [0.717, 1.165) is 11.4 Å². The lowest BCUT2D eigenvalue weighted by Gasteiger charge is -2.10. The summed E-state index contributed by atoms with van der Waals surface area (Å²) < 4.78 is 37.6. The molecule has 0 atom stereocenters. The quantitative estimate of drug-likeness (QED) is 0.866. The van der Waals surface area contributed by atoms with Crippen LogP contribution in [-0.2, 0) is 4.79 Å². The van der Waals surface area contributed by atoms with Crippen molar-refractivity contribution in [2.24, 2.45) is 0 Å². The van der Waals surface area contributed by atoms with Crippen molar-refractivity contribution in [2.75, 3.05) is 18.4 Å². The summed E-state index contributed by atoms with van der Waals surface area (Å²) >= 11 is 0. The zero-order valence-electron chi connectivity index (χ0n) is 12.5. The van der Waals surface area contributed by atoms with E-state index in [1.165, 1.54) is 12.4 Å². The summed E-state index contributed by atoms with van der Waals surface area (Å²) in [5, 5.41) is 8.64. The van der Waals surface area contributed by atoms with Crippen molar-refractivity contribution >= 4 is 11.7 Å². The number of alkyl halides is 3. The average Bonchev–Trinajstić information content (AvgIpc) is 2.81. The van der Waals surface area contributed by atoms with Crippen LogP contribution in [0.25, 0.3) is 5.82 Å². The molecule has 2 aromatic heterocycles. The predicted molar refractivity (Wildman–Crippen MR) is 76.2 cm³/mol. The fourth-order valence-electron chi connectivity index (χ4n) is 1.84. The van der Waals surface area contributed by atoms with E-state index >= 15 is 0 Å². The molecule has 10 heteroatoms. The Morgan fingerprint density at radius 3 is 2.65 bits per heavy atom. The average molecular weight is 328 g/mol. The molecule has 2 rings (SSSR count). The Labute approximate surface area is 129 Å². The number of nitrogens with zero attached hydrogens (tertiary/aromatic N) is 4. The number of aryl methyl sites for hydroxylation is 2. The van der Waals surface area contributed by atoms with E-state index in [0.29, 0.717) is 5.82 Å². The third-order valence-electron chi connectivity index (χ3n) is 2.76. The van der Waals surface area contributed by atoms with Gasteiger partial charge in [0.15, 0.2) is 5.82 Å². The molecular formula is C13H15F3N6O. The van der Waals surface area contributed by atoms with E-state index in [1.807, 2.05) is 19.9 Å². The van der Waals surface area contributed by atoms with Crippen molar-refractivity contribution < 1.29 is 18.0 Å². The first-order chi connectivity index (χ1) is 10.7. The maximum Gasteiger partial charge on any atom is 0.405 e. The SMILES string of the molecule is Cc1cc(C)n(-c2cncc(NCC(=O)NCC(F)(F)F)n2)n1. The minimum Gasteiger partial charge on any atom is -0.360 e. The van der Waals surface area contributed by atoms with Crippen LogP contribution in [0, 0.1) is 13.8 Å². The van der Waals surface area contributed by atoms with Gasteiger partial charge in [-0.2, -0.15) is 18.3 Å². The van der Waals surface area contributed by atoms with Gasteiger partial charge in [0.05, 0.1) is 24.6 Å². The molecular weight excluding hydrogens is 313 g/mol. The molecule has 0 aromatic carbocycles. The number of anilines is 1. The van der Waals surface area contributed by atoms with Gasteiger partial charge in [-0.05, 0) is 19.9 Å². The minimum absolute atomic E-state index is 0.261. The Kier molecular flexibility index (Phi) is 4.82. The van der Waals surface area contributed by atoms with Gasteiger partial charge in [-0.15, -0.1) is 0 Å². The van der Waals surface area contributed by atoms with Crippen LogP contribution < -0.4 is 10.6 Å². The molecule has 0 bridgehead atoms. The van der Waals surface area contributed by atoms with E-state index in [9.17, 15) is 18.0 Å². The van der Waals surface area contributed by atoms with Crippen LogP contribution in [0.3, 0.4) is 0 Å². The molecule has 0 aliphatic rings. The number of halogens is 3. The van der Waals surface area contributed by atoms with E-state index in [1.54, 1.807) is 10.00 Å². The van der Waals surface area contributed by atoms with Crippen molar-refractivity contribution in [3.63, 3.8) is 0 Å². The maximum absolute atomic E-state index is 12.0. The van der Waals surface area contributed by atoms with Gasteiger partial charge in [0.1, 0.15) is 12.4 Å². The highest BCUT2D eigenvalue weighted by Crippen LogP contribution is 2.12. The summed E-state index contributed by atoms with van der Waals surface area (Å²) in [6.07, 6.45) is -1.58. The highest BCUT2D eigenvalue weighted by Gasteiger charge is 2.27. The van der Waals surface area contributed by atoms with Gasteiger partial charge in [-0.25, -0.2) is 9.67 Å². The minimum atomic E-state index is -4.44. The number of carbonyl (C=O) groups excluding carboxylic acids is 1. The molecule has 0 fully saturated rings. The van der Waals surface area contributed by atoms with Crippen LogP contribution in [-0.4, -0.2) is 44.9 Å². The molecule has 23 heavy (non-hydrogen) atoms. The second kappa shape index (κ2) is 6.63. The Bertz CT molecular complexity index is 697. The van der Waals surface area contributed by atoms with Gasteiger partial charge in [-0.3, -0.25) is 9.78 Å². The molecule has 0 aliphatic heterocycles. The molecule has 0 spiro atoms. The molecule has 2 aromatic rings. The Morgan fingerprint density at radius 2 is 2.04 bits per heavy atom. The molecule has 0 saturated carbocycles. The number of nitrogens with one attached hydrogen (secondary N) is 2. The molecule has 0 saturated heterocycles. The lowest BCUT2D eigenvalue weighted by atomic mass is 10.4. The summed E-state index contributed by atoms with van der Waals surface area (Å²) in [5.41, 5.74) is 1.67. The standard InChI is InChI=1S/C13H15F3N6O/c1-8-3-9(2)22(21-8)11-5-17-4-10(20-11)18-6-12(23)19-7-13(14,15)16/h3-5H,6-7H2,1-2H3,(H,18,20)(H,19,23). The van der Waals surface area contributed by atoms with Gasteiger partial charge >= 0.3 is 6.18 Å². The fourth-order valence-corrected chi connectivity index (χ4v) is 1.84. The molecule has 7 nitrogen and oxygen atoms in total. The van der Waals surface area contributed by atoms with Gasteiger partial charge in [0.2, 0.25) is 5.91 Å². The molecule has 0 aliphatic carbocycles. The second-order valence-electron chi connectivity index (χ2n) is 4.85. The van der Waals surface area contributed by atoms with Crippen molar-refractivity contribution in [3.05, 3.63) is 29.8 Å². The van der Waals surface area contributed by atoms with Gasteiger partial charge in [0.25, 0.3) is 0 Å². The van der Waals surface area contributed by atoms with Crippen molar-refractivity contribution in [3.8, 4) is 5.82 Å². The topological polar surface area (TPSA) is 84.7 Å². The summed E-state index contributed by atoms with van der Waals surface area (Å²) in [6, 6.07) is 1.87. The molecule has 2 N–H and O–H groups in total. The van der Waals surface area contributed by atoms with E-state index in [4.69, 9.17) is 0 Å². The van der Waals surface area contributed by atoms with Gasteiger partial charge in [0, 0.05) is 5.69 Å². The monoisotopic (exact) mass is 328 g/mol. The molecule has 124 valence electrons. The lowest BCUT2D eigenvalue weighted by Crippen LogP contribution is -2.37. The Morgan fingerprint density at radius 1 is 1.30 bits per heavy atom. The molecule has 1 amide bonds. The lowest BCUT2D eigenvalue weighted by molar-refractivity contribution is -0.137. The summed E-state index contributed by atoms with van der Waals surface area (Å²) in [4.78, 5) is 19.5. The molecule has 0 radical (unpaired) electrons. The van der Waals surface area contributed by atoms with Crippen LogP contribution in [0.4, 0.5) is 19.0 Å². The molecule has 2 heterocycles. The largest absolute Gasteiger partial charge is 0.405 e. The highest BCUT2D eigenvalue weighted by atomic mass is 19.4. The number of hydrogen-bond donors (Lipinski definition) is 2. The Balaban J connectivity index is 1.98. The van der Waals surface area contributed by atoms with E-state index < -0.39 is 18.6 Å². The first-order valence-electron chi connectivity index (χ1n) is 6.67. The number of rotatable bonds is 5. The zero-order chi connectivity index (χ0) is 17.0. The number of amides is 1. The van der Waals surface area contributed by atoms with E-state index in [-0.39, 0.29) is 12.4 Å². The Hall–Kier alpha value is -2.65. The number of hydrogen-bond acceptors (Lipinski definition) is 5. The van der Waals surface area contributed by atoms with Gasteiger partial charge < -0.3 is 10.6 Å². The fraction of sp³-hybridized carbons (Fsp3) is 0.385. The van der Waals surface area contributed by atoms with Crippen molar-refractivity contribution in [1.82, 2.24) is 25.1 Å². The maximum atomic E-state index is 12.0. The summed E-state index contributed by atoms with van der Waals surface area (Å²) in [5.74, 6) is -0.0887. The molecule has 0 unspecified atom stereocenters. The third kappa shape index (κ3) is 4.94. The number of aromatic nitrogens is 4. The van der Waals surface area contributed by atoms with Crippen LogP contribution in [0.2, 0.25) is 0 Å². The van der Waals surface area contributed by atoms with Crippen LogP contribution in [0.1, 0.15) is 11.4 Å². The van der Waals surface area contributed by atoms with Gasteiger partial charge in [-0.1, -0.05) is 0 Å². The van der Waals surface area contributed by atoms with Crippen molar-refractivity contribution in [2.45, 2.75) is 20.0 Å². The first-order valence-corrected chi connectivity index (χ1v) is 6.67. The zero-order valence-corrected chi connectivity index (χ0v) is 12.5. The van der Waals surface area contributed by atoms with Crippen LogP contribution in [0.5, 0.6) is 0 Å². The summed E-state index contributed by atoms with van der Waals surface area (Å²) in [7, 11) is 0. The van der Waals surface area contributed by atoms with E-state index in [2.05, 4.69) is 20.4 Å². The normalized spacial score (nSPS) is 11.3. The highest BCUT2D eigenvalue weighted by molar-refractivity contribution is 5.80. The second-order valence-corrected chi connectivity index (χ2v) is 4.85.